The van der Waals surface area contributed by atoms with Crippen LogP contribution in [0.15, 0.2) is 64.2 Å². The highest BCUT2D eigenvalue weighted by molar-refractivity contribution is 7.15. The molecule has 0 unspecified atom stereocenters. The van der Waals surface area contributed by atoms with Crippen molar-refractivity contribution in [2.45, 2.75) is 13.3 Å². The number of allylic oxidation sites excluding steroid dienone is 1. The number of para-hydroxylation sites is 1. The highest BCUT2D eigenvalue weighted by atomic mass is 32.1. The van der Waals surface area contributed by atoms with E-state index in [1.165, 1.54) is 4.52 Å². The molecular formula is C23H19N3O3S. The second-order valence-corrected chi connectivity index (χ2v) is 7.77. The van der Waals surface area contributed by atoms with Crippen LogP contribution in [0.4, 0.5) is 0 Å². The molecule has 4 rings (SSSR count). The minimum atomic E-state index is -0.409. The Bertz CT molecular complexity index is 1400. The molecule has 0 aliphatic heterocycles. The van der Waals surface area contributed by atoms with Gasteiger partial charge < -0.3 is 4.74 Å². The summed E-state index contributed by atoms with van der Waals surface area (Å²) in [5.74, 6) is 0.746. The van der Waals surface area contributed by atoms with Crippen molar-refractivity contribution in [1.29, 1.82) is 0 Å². The summed E-state index contributed by atoms with van der Waals surface area (Å²) in [5, 5.41) is 4.28. The number of nitrogens with zero attached hydrogens (tertiary/aromatic N) is 3. The van der Waals surface area contributed by atoms with Gasteiger partial charge in [0.1, 0.15) is 11.4 Å². The Morgan fingerprint density at radius 2 is 1.87 bits per heavy atom. The third-order valence-electron chi connectivity index (χ3n) is 4.60. The maximum Gasteiger partial charge on any atom is 0.296 e. The van der Waals surface area contributed by atoms with E-state index in [1.54, 1.807) is 19.3 Å². The van der Waals surface area contributed by atoms with Gasteiger partial charge in [-0.2, -0.15) is 14.6 Å². The summed E-state index contributed by atoms with van der Waals surface area (Å²) in [6.07, 6.45) is 5.66. The number of hydrogen-bond acceptors (Lipinski definition) is 6. The molecule has 7 heteroatoms. The fraction of sp³-hybridized carbons (Fsp3) is 0.130. The molecule has 6 nitrogen and oxygen atoms in total. The van der Waals surface area contributed by atoms with Crippen LogP contribution in [0.5, 0.6) is 5.75 Å². The molecule has 0 fully saturated rings. The van der Waals surface area contributed by atoms with Crippen LogP contribution in [-0.4, -0.2) is 21.7 Å². The zero-order valence-corrected chi connectivity index (χ0v) is 17.3. The lowest BCUT2D eigenvalue weighted by molar-refractivity contribution is 0.414. The molecule has 0 saturated carbocycles. The molecule has 0 amide bonds. The van der Waals surface area contributed by atoms with Gasteiger partial charge in [-0.15, -0.1) is 0 Å². The van der Waals surface area contributed by atoms with E-state index in [-0.39, 0.29) is 16.2 Å². The number of fused-ring (bicyclic) bond motifs is 1. The van der Waals surface area contributed by atoms with Crippen molar-refractivity contribution in [3.63, 3.8) is 0 Å². The van der Waals surface area contributed by atoms with Crippen LogP contribution in [-0.2, 0) is 6.42 Å². The minimum absolute atomic E-state index is 0.252. The summed E-state index contributed by atoms with van der Waals surface area (Å²) in [4.78, 5) is 29.5. The Kier molecular flexibility index (Phi) is 5.54. The number of aromatic nitrogens is 3. The highest BCUT2D eigenvalue weighted by Crippen LogP contribution is 2.18. The van der Waals surface area contributed by atoms with Crippen LogP contribution in [0.2, 0.25) is 0 Å². The Morgan fingerprint density at radius 1 is 1.10 bits per heavy atom. The predicted octanol–water partition coefficient (Wildman–Crippen LogP) is 2.63. The largest absolute Gasteiger partial charge is 0.496 e. The molecular weight excluding hydrogens is 398 g/mol. The Hall–Kier alpha value is -3.58. The molecule has 0 spiro atoms. The highest BCUT2D eigenvalue weighted by Gasteiger charge is 2.11. The fourth-order valence-electron chi connectivity index (χ4n) is 3.01. The fourth-order valence-corrected chi connectivity index (χ4v) is 3.86. The molecule has 2 aromatic carbocycles. The summed E-state index contributed by atoms with van der Waals surface area (Å²) >= 11 is 1.14. The average molecular weight is 417 g/mol. The quantitative estimate of drug-likeness (QED) is 0.499. The van der Waals surface area contributed by atoms with Gasteiger partial charge in [-0.1, -0.05) is 71.5 Å². The maximum absolute atomic E-state index is 12.7. The normalized spacial score (nSPS) is 12.1. The van der Waals surface area contributed by atoms with Gasteiger partial charge in [-0.25, -0.2) is 0 Å². The lowest BCUT2D eigenvalue weighted by Gasteiger charge is -2.02. The summed E-state index contributed by atoms with van der Waals surface area (Å²) in [5.41, 5.74) is 2.53. The van der Waals surface area contributed by atoms with E-state index >= 15 is 0 Å². The van der Waals surface area contributed by atoms with Crippen LogP contribution < -0.4 is 20.4 Å². The van der Waals surface area contributed by atoms with Crippen LogP contribution in [0.3, 0.4) is 0 Å². The van der Waals surface area contributed by atoms with Gasteiger partial charge >= 0.3 is 0 Å². The first-order chi connectivity index (χ1) is 14.5. The SMILES string of the molecule is COc1ccccc1/C=C/C=c1\sc2nc(=O)c(Cc3ccc(C)cc3)nn2c1=O. The zero-order chi connectivity index (χ0) is 21.1. The van der Waals surface area contributed by atoms with Gasteiger partial charge in [-0.05, 0) is 24.6 Å². The molecule has 0 N–H and O–H groups in total. The van der Waals surface area contributed by atoms with Gasteiger partial charge in [0.25, 0.3) is 11.1 Å². The maximum atomic E-state index is 12.7. The first-order valence-electron chi connectivity index (χ1n) is 9.35. The number of rotatable bonds is 5. The second-order valence-electron chi connectivity index (χ2n) is 6.76. The molecule has 0 radical (unpaired) electrons. The van der Waals surface area contributed by atoms with E-state index in [9.17, 15) is 9.59 Å². The molecule has 30 heavy (non-hydrogen) atoms. The molecule has 150 valence electrons. The lowest BCUT2D eigenvalue weighted by Crippen LogP contribution is -2.27. The Labute approximate surface area is 176 Å². The molecule has 4 aromatic rings. The average Bonchev–Trinajstić information content (AvgIpc) is 3.05. The standard InChI is InChI=1S/C23H19N3O3S/c1-15-10-12-16(13-11-15)14-18-21(27)24-23-26(25-18)22(28)20(30-23)9-5-7-17-6-3-4-8-19(17)29-2/h3-13H,14H2,1-2H3/b7-5+,20-9-. The number of ether oxygens (including phenoxy) is 1. The van der Waals surface area contributed by atoms with Crippen LogP contribution in [0.25, 0.3) is 17.1 Å². The van der Waals surface area contributed by atoms with Gasteiger partial charge in [0, 0.05) is 12.0 Å². The summed E-state index contributed by atoms with van der Waals surface area (Å²) in [6, 6.07) is 15.4. The summed E-state index contributed by atoms with van der Waals surface area (Å²) < 4.78 is 6.98. The lowest BCUT2D eigenvalue weighted by atomic mass is 10.1. The van der Waals surface area contributed by atoms with Gasteiger partial charge in [0.2, 0.25) is 4.96 Å². The van der Waals surface area contributed by atoms with Gasteiger partial charge in [0.05, 0.1) is 11.6 Å². The van der Waals surface area contributed by atoms with Crippen molar-refractivity contribution in [3.05, 3.63) is 102 Å². The van der Waals surface area contributed by atoms with Crippen molar-refractivity contribution in [2.24, 2.45) is 0 Å². The first-order valence-corrected chi connectivity index (χ1v) is 10.2. The minimum Gasteiger partial charge on any atom is -0.496 e. The van der Waals surface area contributed by atoms with Crippen LogP contribution >= 0.6 is 11.3 Å². The van der Waals surface area contributed by atoms with Crippen LogP contribution in [0.1, 0.15) is 22.4 Å². The van der Waals surface area contributed by atoms with Crippen molar-refractivity contribution >= 4 is 28.4 Å². The molecule has 2 aromatic heterocycles. The van der Waals surface area contributed by atoms with Crippen molar-refractivity contribution in [1.82, 2.24) is 14.6 Å². The van der Waals surface area contributed by atoms with Crippen molar-refractivity contribution in [3.8, 4) is 5.75 Å². The van der Waals surface area contributed by atoms with E-state index in [2.05, 4.69) is 10.1 Å². The van der Waals surface area contributed by atoms with Gasteiger partial charge in [0.15, 0.2) is 0 Å². The topological polar surface area (TPSA) is 73.6 Å². The van der Waals surface area contributed by atoms with E-state index in [0.717, 1.165) is 33.8 Å². The third kappa shape index (κ3) is 4.06. The van der Waals surface area contributed by atoms with E-state index in [1.807, 2.05) is 61.5 Å². The molecule has 0 atom stereocenters. The second kappa shape index (κ2) is 8.42. The molecule has 0 saturated heterocycles. The number of methoxy groups -OCH3 is 1. The number of thiazole rings is 1. The summed E-state index contributed by atoms with van der Waals surface area (Å²) in [7, 11) is 1.61. The van der Waals surface area contributed by atoms with Gasteiger partial charge in [-0.3, -0.25) is 9.59 Å². The van der Waals surface area contributed by atoms with Crippen molar-refractivity contribution < 1.29 is 4.74 Å². The summed E-state index contributed by atoms with van der Waals surface area (Å²) in [6.45, 7) is 2.00. The molecule has 0 aliphatic rings. The van der Waals surface area contributed by atoms with E-state index in [4.69, 9.17) is 4.74 Å². The monoisotopic (exact) mass is 417 g/mol. The van der Waals surface area contributed by atoms with E-state index in [0.29, 0.717) is 11.0 Å². The molecule has 0 bridgehead atoms. The number of hydrogen-bond donors (Lipinski definition) is 0. The zero-order valence-electron chi connectivity index (χ0n) is 16.5. The smallest absolute Gasteiger partial charge is 0.296 e. The number of benzene rings is 2. The Balaban J connectivity index is 1.69. The number of aryl methyl sites for hydroxylation is 1. The predicted molar refractivity (Wildman–Crippen MR) is 119 cm³/mol. The van der Waals surface area contributed by atoms with Crippen molar-refractivity contribution in [2.75, 3.05) is 7.11 Å². The molecule has 2 heterocycles. The molecule has 0 aliphatic carbocycles. The van der Waals surface area contributed by atoms with E-state index < -0.39 is 5.56 Å². The van der Waals surface area contributed by atoms with Crippen LogP contribution in [0, 0.1) is 6.92 Å². The Morgan fingerprint density at radius 3 is 2.63 bits per heavy atom. The third-order valence-corrected chi connectivity index (χ3v) is 5.58. The first kappa shape index (κ1) is 19.7.